The summed E-state index contributed by atoms with van der Waals surface area (Å²) in [5, 5.41) is 3.14. The zero-order valence-electron chi connectivity index (χ0n) is 11.6. The number of nitrogens with zero attached hydrogens (tertiary/aromatic N) is 1. The van der Waals surface area contributed by atoms with E-state index in [0.29, 0.717) is 15.8 Å². The molecule has 0 aliphatic rings. The van der Waals surface area contributed by atoms with Gasteiger partial charge in [-0.1, -0.05) is 13.8 Å². The molecule has 5 N–H and O–H groups in total. The summed E-state index contributed by atoms with van der Waals surface area (Å²) < 4.78 is 0. The van der Waals surface area contributed by atoms with Gasteiger partial charge in [-0.25, -0.2) is 0 Å². The number of primary amides is 1. The van der Waals surface area contributed by atoms with Crippen LogP contribution in [0, 0.1) is 5.92 Å². The largest absolute Gasteiger partial charge is 0.397 e. The molecule has 0 unspecified atom stereocenters. The van der Waals surface area contributed by atoms with Crippen LogP contribution < -0.4 is 21.7 Å². The standard InChI is InChI=1S/C12H20N4O2S/c1-6(2)5-16(4)12-7(10(14)17)8(13)9(19-12)11(18)15-3/h6H,5,13H2,1-4H3,(H2,14,17)(H,15,18). The summed E-state index contributed by atoms with van der Waals surface area (Å²) in [5.74, 6) is -0.513. The minimum atomic E-state index is -0.616. The van der Waals surface area contributed by atoms with Crippen LogP contribution in [0.5, 0.6) is 0 Å². The molecule has 0 fully saturated rings. The van der Waals surface area contributed by atoms with Crippen molar-refractivity contribution in [1.29, 1.82) is 0 Å². The predicted molar refractivity (Wildman–Crippen MR) is 78.7 cm³/mol. The Kier molecular flexibility index (Phi) is 4.77. The quantitative estimate of drug-likeness (QED) is 0.747. The van der Waals surface area contributed by atoms with Gasteiger partial charge < -0.3 is 21.7 Å². The molecule has 1 aromatic rings. The Labute approximate surface area is 116 Å². The van der Waals surface area contributed by atoms with E-state index in [9.17, 15) is 9.59 Å². The minimum Gasteiger partial charge on any atom is -0.397 e. The number of hydrogen-bond acceptors (Lipinski definition) is 5. The van der Waals surface area contributed by atoms with E-state index < -0.39 is 5.91 Å². The van der Waals surface area contributed by atoms with E-state index in [-0.39, 0.29) is 17.2 Å². The van der Waals surface area contributed by atoms with Crippen molar-refractivity contribution < 1.29 is 9.59 Å². The van der Waals surface area contributed by atoms with Crippen molar-refractivity contribution in [2.75, 3.05) is 31.3 Å². The lowest BCUT2D eigenvalue weighted by atomic mass is 10.2. The molecule has 0 aliphatic heterocycles. The second-order valence-corrected chi connectivity index (χ2v) is 5.74. The number of nitrogens with two attached hydrogens (primary N) is 2. The van der Waals surface area contributed by atoms with Crippen LogP contribution in [0.1, 0.15) is 33.9 Å². The molecule has 0 spiro atoms. The molecule has 19 heavy (non-hydrogen) atoms. The molecule has 1 heterocycles. The number of hydrogen-bond donors (Lipinski definition) is 3. The highest BCUT2D eigenvalue weighted by Crippen LogP contribution is 2.37. The molecule has 0 radical (unpaired) electrons. The zero-order chi connectivity index (χ0) is 14.7. The number of thiophene rings is 1. The Balaban J connectivity index is 3.30. The summed E-state index contributed by atoms with van der Waals surface area (Å²) in [7, 11) is 3.37. The fraction of sp³-hybridized carbons (Fsp3) is 0.500. The Hall–Kier alpha value is -1.76. The summed E-state index contributed by atoms with van der Waals surface area (Å²) >= 11 is 1.19. The third-order valence-electron chi connectivity index (χ3n) is 2.59. The van der Waals surface area contributed by atoms with Gasteiger partial charge in [-0.2, -0.15) is 0 Å². The molecule has 0 bridgehead atoms. The number of carbonyl (C=O) groups excluding carboxylic acids is 2. The number of amides is 2. The topological polar surface area (TPSA) is 101 Å². The van der Waals surface area contributed by atoms with E-state index in [0.717, 1.165) is 6.54 Å². The summed E-state index contributed by atoms with van der Waals surface area (Å²) in [6.07, 6.45) is 0. The summed E-state index contributed by atoms with van der Waals surface area (Å²) in [6.45, 7) is 4.88. The van der Waals surface area contributed by atoms with Crippen molar-refractivity contribution in [3.8, 4) is 0 Å². The highest BCUT2D eigenvalue weighted by atomic mass is 32.1. The van der Waals surface area contributed by atoms with Crippen LogP contribution in [0.4, 0.5) is 10.7 Å². The van der Waals surface area contributed by atoms with Gasteiger partial charge in [0.05, 0.1) is 11.3 Å². The fourth-order valence-electron chi connectivity index (χ4n) is 1.85. The first-order chi connectivity index (χ1) is 8.79. The second-order valence-electron chi connectivity index (χ2n) is 4.74. The van der Waals surface area contributed by atoms with Crippen molar-refractivity contribution in [2.24, 2.45) is 11.7 Å². The van der Waals surface area contributed by atoms with Crippen molar-refractivity contribution in [2.45, 2.75) is 13.8 Å². The van der Waals surface area contributed by atoms with Gasteiger partial charge in [-0.15, -0.1) is 11.3 Å². The Morgan fingerprint density at radius 3 is 2.42 bits per heavy atom. The lowest BCUT2D eigenvalue weighted by Gasteiger charge is -2.20. The summed E-state index contributed by atoms with van der Waals surface area (Å²) in [6, 6.07) is 0. The second kappa shape index (κ2) is 5.92. The molecule has 0 saturated carbocycles. The van der Waals surface area contributed by atoms with E-state index in [2.05, 4.69) is 19.2 Å². The van der Waals surface area contributed by atoms with Crippen molar-refractivity contribution in [3.05, 3.63) is 10.4 Å². The molecule has 0 saturated heterocycles. The zero-order valence-corrected chi connectivity index (χ0v) is 12.4. The van der Waals surface area contributed by atoms with E-state index in [1.165, 1.54) is 18.4 Å². The highest BCUT2D eigenvalue weighted by Gasteiger charge is 2.25. The maximum atomic E-state index is 11.7. The van der Waals surface area contributed by atoms with Gasteiger partial charge in [0, 0.05) is 20.6 Å². The maximum Gasteiger partial charge on any atom is 0.263 e. The molecular weight excluding hydrogens is 264 g/mol. The highest BCUT2D eigenvalue weighted by molar-refractivity contribution is 7.19. The average Bonchev–Trinajstić information content (AvgIpc) is 2.65. The molecule has 7 heteroatoms. The van der Waals surface area contributed by atoms with Crippen molar-refractivity contribution >= 4 is 33.8 Å². The minimum absolute atomic E-state index is 0.155. The molecule has 1 aromatic heterocycles. The number of anilines is 2. The monoisotopic (exact) mass is 284 g/mol. The molecule has 1 rings (SSSR count). The number of nitrogens with one attached hydrogen (secondary N) is 1. The normalized spacial score (nSPS) is 10.6. The average molecular weight is 284 g/mol. The van der Waals surface area contributed by atoms with Gasteiger partial charge >= 0.3 is 0 Å². The van der Waals surface area contributed by atoms with E-state index in [4.69, 9.17) is 11.5 Å². The van der Waals surface area contributed by atoms with E-state index in [1.807, 2.05) is 11.9 Å². The molecule has 106 valence electrons. The summed E-state index contributed by atoms with van der Waals surface area (Å²) in [5.41, 5.74) is 11.6. The Morgan fingerprint density at radius 1 is 1.42 bits per heavy atom. The molecule has 0 atom stereocenters. The first-order valence-electron chi connectivity index (χ1n) is 5.94. The third kappa shape index (κ3) is 3.17. The van der Waals surface area contributed by atoms with Gasteiger partial charge in [0.25, 0.3) is 11.8 Å². The lowest BCUT2D eigenvalue weighted by Crippen LogP contribution is -2.25. The maximum absolute atomic E-state index is 11.7. The van der Waals surface area contributed by atoms with Gasteiger partial charge in [0.2, 0.25) is 0 Å². The van der Waals surface area contributed by atoms with Crippen LogP contribution in [0.25, 0.3) is 0 Å². The SMILES string of the molecule is CNC(=O)c1sc(N(C)CC(C)C)c(C(N)=O)c1N. The van der Waals surface area contributed by atoms with Crippen LogP contribution in [0.2, 0.25) is 0 Å². The fourth-order valence-corrected chi connectivity index (χ4v) is 2.99. The van der Waals surface area contributed by atoms with Gasteiger partial charge in [0.15, 0.2) is 0 Å². The van der Waals surface area contributed by atoms with Gasteiger partial charge in [-0.3, -0.25) is 9.59 Å². The van der Waals surface area contributed by atoms with Gasteiger partial charge in [0.1, 0.15) is 9.88 Å². The van der Waals surface area contributed by atoms with Crippen LogP contribution >= 0.6 is 11.3 Å². The molecule has 0 aromatic carbocycles. The smallest absolute Gasteiger partial charge is 0.263 e. The molecule has 2 amide bonds. The van der Waals surface area contributed by atoms with Gasteiger partial charge in [-0.05, 0) is 5.92 Å². The first-order valence-corrected chi connectivity index (χ1v) is 6.76. The van der Waals surface area contributed by atoms with Crippen LogP contribution in [-0.2, 0) is 0 Å². The van der Waals surface area contributed by atoms with Crippen molar-refractivity contribution in [3.63, 3.8) is 0 Å². The predicted octanol–water partition coefficient (Wildman–Crippen LogP) is 0.881. The molecule has 0 aliphatic carbocycles. The van der Waals surface area contributed by atoms with Crippen LogP contribution in [-0.4, -0.2) is 32.5 Å². The third-order valence-corrected chi connectivity index (χ3v) is 3.91. The number of nitrogen functional groups attached to an aromatic ring is 1. The molecule has 6 nitrogen and oxygen atoms in total. The Morgan fingerprint density at radius 2 is 2.00 bits per heavy atom. The van der Waals surface area contributed by atoms with E-state index >= 15 is 0 Å². The van der Waals surface area contributed by atoms with Crippen LogP contribution in [0.3, 0.4) is 0 Å². The molecular formula is C12H20N4O2S. The van der Waals surface area contributed by atoms with E-state index in [1.54, 1.807) is 0 Å². The number of rotatable bonds is 5. The Bertz CT molecular complexity index is 496. The summed E-state index contributed by atoms with van der Waals surface area (Å²) in [4.78, 5) is 25.5. The first kappa shape index (κ1) is 15.3. The lowest BCUT2D eigenvalue weighted by molar-refractivity contribution is 0.0967. The van der Waals surface area contributed by atoms with Crippen molar-refractivity contribution in [1.82, 2.24) is 5.32 Å². The van der Waals surface area contributed by atoms with Crippen LogP contribution in [0.15, 0.2) is 0 Å². The number of carbonyl (C=O) groups is 2.